The summed E-state index contributed by atoms with van der Waals surface area (Å²) in [5.41, 5.74) is -1.50. The standard InChI is InChI=1S/C18H26FN3O4/c1-3-26-15-7-5-14(6-8-15)21-17(24)22-11-4-9-18(19,13-22)16(23)20-10-12-25-2/h5-8H,3-4,9-13H2,1-2H3,(H,20,23)(H,21,24). The number of carbonyl (C=O) groups excluding carboxylic acids is 2. The third-order valence-corrected chi connectivity index (χ3v) is 4.15. The normalized spacial score (nSPS) is 19.7. The van der Waals surface area contributed by atoms with Crippen LogP contribution in [0.3, 0.4) is 0 Å². The van der Waals surface area contributed by atoms with Crippen LogP contribution in [-0.2, 0) is 9.53 Å². The third-order valence-electron chi connectivity index (χ3n) is 4.15. The van der Waals surface area contributed by atoms with Gasteiger partial charge in [-0.25, -0.2) is 9.18 Å². The SMILES string of the molecule is CCOc1ccc(NC(=O)N2CCCC(F)(C(=O)NCCOC)C2)cc1. The number of amides is 3. The van der Waals surface area contributed by atoms with Crippen molar-refractivity contribution in [2.75, 3.05) is 45.3 Å². The second-order valence-electron chi connectivity index (χ2n) is 6.13. The van der Waals surface area contributed by atoms with Gasteiger partial charge in [0.05, 0.1) is 19.8 Å². The Kier molecular flexibility index (Phi) is 7.20. The predicted molar refractivity (Wildman–Crippen MR) is 96.2 cm³/mol. The smallest absolute Gasteiger partial charge is 0.321 e. The Bertz CT molecular complexity index is 611. The van der Waals surface area contributed by atoms with Gasteiger partial charge in [-0.15, -0.1) is 0 Å². The highest BCUT2D eigenvalue weighted by Crippen LogP contribution is 2.26. The maximum absolute atomic E-state index is 15.0. The Balaban J connectivity index is 1.93. The highest BCUT2D eigenvalue weighted by molar-refractivity contribution is 5.91. The van der Waals surface area contributed by atoms with Crippen molar-refractivity contribution < 1.29 is 23.5 Å². The Hall–Kier alpha value is -2.35. The molecule has 0 saturated carbocycles. The summed E-state index contributed by atoms with van der Waals surface area (Å²) in [5.74, 6) is 0.00657. The number of hydrogen-bond acceptors (Lipinski definition) is 4. The summed E-state index contributed by atoms with van der Waals surface area (Å²) in [6.07, 6.45) is 0.517. The van der Waals surface area contributed by atoms with E-state index in [9.17, 15) is 14.0 Å². The van der Waals surface area contributed by atoms with Crippen molar-refractivity contribution in [3.63, 3.8) is 0 Å². The lowest BCUT2D eigenvalue weighted by Crippen LogP contribution is -2.56. The zero-order valence-corrected chi connectivity index (χ0v) is 15.2. The van der Waals surface area contributed by atoms with E-state index in [1.54, 1.807) is 24.3 Å². The average molecular weight is 367 g/mol. The molecule has 1 aromatic carbocycles. The molecule has 144 valence electrons. The number of piperidine rings is 1. The van der Waals surface area contributed by atoms with Crippen molar-refractivity contribution in [2.45, 2.75) is 25.4 Å². The number of carbonyl (C=O) groups is 2. The quantitative estimate of drug-likeness (QED) is 0.724. The lowest BCUT2D eigenvalue weighted by Gasteiger charge is -2.36. The molecule has 1 atom stereocenters. The Morgan fingerprint density at radius 3 is 2.69 bits per heavy atom. The highest BCUT2D eigenvalue weighted by atomic mass is 19.1. The predicted octanol–water partition coefficient (Wildman–Crippen LogP) is 2.18. The largest absolute Gasteiger partial charge is 0.494 e. The van der Waals surface area contributed by atoms with Gasteiger partial charge in [-0.1, -0.05) is 0 Å². The van der Waals surface area contributed by atoms with Crippen LogP contribution in [0.5, 0.6) is 5.75 Å². The number of benzene rings is 1. The number of anilines is 1. The highest BCUT2D eigenvalue weighted by Gasteiger charge is 2.43. The van der Waals surface area contributed by atoms with Gasteiger partial charge in [0, 0.05) is 25.9 Å². The monoisotopic (exact) mass is 367 g/mol. The molecule has 1 aliphatic rings. The minimum Gasteiger partial charge on any atom is -0.494 e. The number of ether oxygens (including phenoxy) is 2. The fraction of sp³-hybridized carbons (Fsp3) is 0.556. The molecule has 0 bridgehead atoms. The summed E-state index contributed by atoms with van der Waals surface area (Å²) >= 11 is 0. The van der Waals surface area contributed by atoms with Crippen LogP contribution >= 0.6 is 0 Å². The molecule has 1 unspecified atom stereocenters. The van der Waals surface area contributed by atoms with Gasteiger partial charge in [-0.2, -0.15) is 0 Å². The van der Waals surface area contributed by atoms with Gasteiger partial charge in [0.2, 0.25) is 5.67 Å². The number of rotatable bonds is 7. The molecule has 2 rings (SSSR count). The van der Waals surface area contributed by atoms with Crippen LogP contribution in [0.15, 0.2) is 24.3 Å². The fourth-order valence-electron chi connectivity index (χ4n) is 2.80. The molecule has 1 heterocycles. The summed E-state index contributed by atoms with van der Waals surface area (Å²) in [5, 5.41) is 5.23. The molecule has 0 aliphatic carbocycles. The Morgan fingerprint density at radius 1 is 1.31 bits per heavy atom. The fourth-order valence-corrected chi connectivity index (χ4v) is 2.80. The van der Waals surface area contributed by atoms with Crippen LogP contribution in [0.1, 0.15) is 19.8 Å². The zero-order chi connectivity index (χ0) is 19.0. The van der Waals surface area contributed by atoms with E-state index in [1.807, 2.05) is 6.92 Å². The molecule has 1 aliphatic heterocycles. The molecular weight excluding hydrogens is 341 g/mol. The van der Waals surface area contributed by atoms with Gasteiger partial charge < -0.3 is 25.0 Å². The molecule has 26 heavy (non-hydrogen) atoms. The second kappa shape index (κ2) is 9.38. The van der Waals surface area contributed by atoms with Gasteiger partial charge in [-0.05, 0) is 44.0 Å². The Labute approximate surface area is 152 Å². The average Bonchev–Trinajstić information content (AvgIpc) is 2.63. The number of alkyl halides is 1. The first-order valence-corrected chi connectivity index (χ1v) is 8.73. The number of halogens is 1. The van der Waals surface area contributed by atoms with Crippen molar-refractivity contribution in [1.82, 2.24) is 10.2 Å². The number of likely N-dealkylation sites (tertiary alicyclic amines) is 1. The third kappa shape index (κ3) is 5.32. The zero-order valence-electron chi connectivity index (χ0n) is 15.2. The lowest BCUT2D eigenvalue weighted by molar-refractivity contribution is -0.135. The van der Waals surface area contributed by atoms with Gasteiger partial charge in [0.1, 0.15) is 5.75 Å². The second-order valence-corrected chi connectivity index (χ2v) is 6.13. The van der Waals surface area contributed by atoms with Crippen LogP contribution < -0.4 is 15.4 Å². The van der Waals surface area contributed by atoms with E-state index in [0.717, 1.165) is 0 Å². The summed E-state index contributed by atoms with van der Waals surface area (Å²) in [4.78, 5) is 25.8. The lowest BCUT2D eigenvalue weighted by atomic mass is 9.94. The van der Waals surface area contributed by atoms with E-state index in [0.29, 0.717) is 37.6 Å². The summed E-state index contributed by atoms with van der Waals surface area (Å²) in [7, 11) is 1.50. The van der Waals surface area contributed by atoms with E-state index < -0.39 is 17.6 Å². The van der Waals surface area contributed by atoms with Gasteiger partial charge >= 0.3 is 6.03 Å². The molecular formula is C18H26FN3O4. The number of nitrogens with one attached hydrogen (secondary N) is 2. The summed E-state index contributed by atoms with van der Waals surface area (Å²) in [6, 6.07) is 6.50. The summed E-state index contributed by atoms with van der Waals surface area (Å²) in [6.45, 7) is 3.13. The van der Waals surface area contributed by atoms with E-state index in [2.05, 4.69) is 10.6 Å². The Morgan fingerprint density at radius 2 is 2.04 bits per heavy atom. The molecule has 1 saturated heterocycles. The minimum absolute atomic E-state index is 0.0959. The first-order valence-electron chi connectivity index (χ1n) is 8.73. The van der Waals surface area contributed by atoms with Crippen LogP contribution in [0.25, 0.3) is 0 Å². The molecule has 3 amide bonds. The molecule has 0 spiro atoms. The van der Waals surface area contributed by atoms with Crippen molar-refractivity contribution in [1.29, 1.82) is 0 Å². The van der Waals surface area contributed by atoms with Crippen molar-refractivity contribution in [3.8, 4) is 5.75 Å². The molecule has 8 heteroatoms. The number of hydrogen-bond donors (Lipinski definition) is 2. The van der Waals surface area contributed by atoms with E-state index in [4.69, 9.17) is 9.47 Å². The maximum Gasteiger partial charge on any atom is 0.321 e. The van der Waals surface area contributed by atoms with E-state index in [-0.39, 0.29) is 19.5 Å². The number of nitrogens with zero attached hydrogens (tertiary/aromatic N) is 1. The molecule has 7 nitrogen and oxygen atoms in total. The van der Waals surface area contributed by atoms with Crippen molar-refractivity contribution in [2.24, 2.45) is 0 Å². The van der Waals surface area contributed by atoms with Crippen LogP contribution in [-0.4, -0.2) is 62.5 Å². The van der Waals surface area contributed by atoms with Crippen LogP contribution in [0.2, 0.25) is 0 Å². The number of methoxy groups -OCH3 is 1. The van der Waals surface area contributed by atoms with Crippen molar-refractivity contribution >= 4 is 17.6 Å². The van der Waals surface area contributed by atoms with Gasteiger partial charge in [0.25, 0.3) is 5.91 Å². The van der Waals surface area contributed by atoms with Gasteiger partial charge in [-0.3, -0.25) is 4.79 Å². The van der Waals surface area contributed by atoms with Crippen LogP contribution in [0.4, 0.5) is 14.9 Å². The molecule has 1 aromatic rings. The molecule has 0 aromatic heterocycles. The topological polar surface area (TPSA) is 79.9 Å². The van der Waals surface area contributed by atoms with Crippen molar-refractivity contribution in [3.05, 3.63) is 24.3 Å². The molecule has 0 radical (unpaired) electrons. The van der Waals surface area contributed by atoms with E-state index >= 15 is 0 Å². The number of urea groups is 1. The van der Waals surface area contributed by atoms with Gasteiger partial charge in [0.15, 0.2) is 0 Å². The minimum atomic E-state index is -2.08. The van der Waals surface area contributed by atoms with E-state index in [1.165, 1.54) is 12.0 Å². The molecule has 2 N–H and O–H groups in total. The first kappa shape index (κ1) is 20.0. The maximum atomic E-state index is 15.0. The summed E-state index contributed by atoms with van der Waals surface area (Å²) < 4.78 is 25.2. The first-order chi connectivity index (χ1) is 12.5. The molecule has 1 fully saturated rings. The van der Waals surface area contributed by atoms with Crippen LogP contribution in [0, 0.1) is 0 Å².